The summed E-state index contributed by atoms with van der Waals surface area (Å²) in [4.78, 5) is 3.93. The maximum Gasteiger partial charge on any atom is 0.131 e. The lowest BCUT2D eigenvalue weighted by Crippen LogP contribution is -2.21. The van der Waals surface area contributed by atoms with Gasteiger partial charge in [-0.25, -0.2) is 8.78 Å². The largest absolute Gasteiger partial charge is 0.398 e. The number of nitrogens with one attached hydrogen (secondary N) is 1. The van der Waals surface area contributed by atoms with Gasteiger partial charge in [0.15, 0.2) is 0 Å². The zero-order valence-corrected chi connectivity index (χ0v) is 9.82. The van der Waals surface area contributed by atoms with Gasteiger partial charge in [0.2, 0.25) is 0 Å². The van der Waals surface area contributed by atoms with Crippen LogP contribution in [-0.4, -0.2) is 12.0 Å². The molecule has 1 atom stereocenters. The van der Waals surface area contributed by atoms with Crippen LogP contribution >= 0.6 is 0 Å². The van der Waals surface area contributed by atoms with Crippen molar-refractivity contribution >= 4 is 5.69 Å². The Morgan fingerprint density at radius 1 is 1.22 bits per heavy atom. The summed E-state index contributed by atoms with van der Waals surface area (Å²) in [6.07, 6.45) is 3.03. The highest BCUT2D eigenvalue weighted by Crippen LogP contribution is 2.29. The molecule has 0 spiro atoms. The second kappa shape index (κ2) is 5.10. The molecule has 5 heteroatoms. The predicted molar refractivity (Wildman–Crippen MR) is 65.9 cm³/mol. The first-order valence-electron chi connectivity index (χ1n) is 5.45. The van der Waals surface area contributed by atoms with Gasteiger partial charge in [-0.2, -0.15) is 0 Å². The summed E-state index contributed by atoms with van der Waals surface area (Å²) in [5.74, 6) is -1.23. The van der Waals surface area contributed by atoms with E-state index in [9.17, 15) is 8.78 Å². The third-order valence-corrected chi connectivity index (χ3v) is 2.78. The van der Waals surface area contributed by atoms with Crippen LogP contribution in [0.15, 0.2) is 36.7 Å². The number of halogens is 2. The second-order valence-corrected chi connectivity index (χ2v) is 3.86. The Balaban J connectivity index is 2.56. The summed E-state index contributed by atoms with van der Waals surface area (Å²) in [6, 6.07) is 4.69. The molecule has 3 N–H and O–H groups in total. The van der Waals surface area contributed by atoms with Gasteiger partial charge in [-0.3, -0.25) is 4.98 Å². The monoisotopic (exact) mass is 249 g/mol. The smallest absolute Gasteiger partial charge is 0.131 e. The van der Waals surface area contributed by atoms with Gasteiger partial charge in [0.1, 0.15) is 11.6 Å². The van der Waals surface area contributed by atoms with E-state index in [0.717, 1.165) is 0 Å². The van der Waals surface area contributed by atoms with E-state index < -0.39 is 17.7 Å². The number of nitrogens with two attached hydrogens (primary N) is 1. The SMILES string of the molecule is CNC(c1cnccc1N)c1c(F)cccc1F. The topological polar surface area (TPSA) is 50.9 Å². The number of rotatable bonds is 3. The van der Waals surface area contributed by atoms with Gasteiger partial charge >= 0.3 is 0 Å². The molecule has 3 nitrogen and oxygen atoms in total. The number of nitrogens with zero attached hydrogens (tertiary/aromatic N) is 1. The minimum atomic E-state index is -0.667. The number of anilines is 1. The molecule has 1 aromatic carbocycles. The lowest BCUT2D eigenvalue weighted by Gasteiger charge is -2.19. The van der Waals surface area contributed by atoms with Crippen LogP contribution in [-0.2, 0) is 0 Å². The summed E-state index contributed by atoms with van der Waals surface area (Å²) < 4.78 is 27.5. The molecule has 0 saturated carbocycles. The van der Waals surface area contributed by atoms with E-state index >= 15 is 0 Å². The fourth-order valence-corrected chi connectivity index (χ4v) is 1.90. The molecule has 94 valence electrons. The van der Waals surface area contributed by atoms with Crippen LogP contribution in [0.3, 0.4) is 0 Å². The highest BCUT2D eigenvalue weighted by molar-refractivity contribution is 5.49. The van der Waals surface area contributed by atoms with E-state index in [0.29, 0.717) is 11.3 Å². The van der Waals surface area contributed by atoms with Crippen LogP contribution in [0, 0.1) is 11.6 Å². The van der Waals surface area contributed by atoms with E-state index in [2.05, 4.69) is 10.3 Å². The van der Waals surface area contributed by atoms with Crippen molar-refractivity contribution < 1.29 is 8.78 Å². The average molecular weight is 249 g/mol. The summed E-state index contributed by atoms with van der Waals surface area (Å²) >= 11 is 0. The van der Waals surface area contributed by atoms with Crippen molar-refractivity contribution in [3.8, 4) is 0 Å². The minimum absolute atomic E-state index is 0.0558. The molecule has 0 amide bonds. The van der Waals surface area contributed by atoms with Gasteiger partial charge < -0.3 is 11.1 Å². The zero-order valence-electron chi connectivity index (χ0n) is 9.82. The maximum absolute atomic E-state index is 13.8. The molecule has 0 aliphatic rings. The maximum atomic E-state index is 13.8. The molecular formula is C13H13F2N3. The second-order valence-electron chi connectivity index (χ2n) is 3.86. The Bertz CT molecular complexity index is 537. The lowest BCUT2D eigenvalue weighted by atomic mass is 9.98. The van der Waals surface area contributed by atoms with Crippen molar-refractivity contribution in [3.63, 3.8) is 0 Å². The van der Waals surface area contributed by atoms with Crippen LogP contribution in [0.25, 0.3) is 0 Å². The molecule has 0 aliphatic heterocycles. The number of hydrogen-bond acceptors (Lipinski definition) is 3. The molecule has 0 aliphatic carbocycles. The zero-order chi connectivity index (χ0) is 13.1. The van der Waals surface area contributed by atoms with Gasteiger partial charge in [0.05, 0.1) is 6.04 Å². The van der Waals surface area contributed by atoms with Crippen LogP contribution in [0.4, 0.5) is 14.5 Å². The van der Waals surface area contributed by atoms with E-state index in [1.54, 1.807) is 13.1 Å². The van der Waals surface area contributed by atoms with Crippen molar-refractivity contribution in [2.45, 2.75) is 6.04 Å². The van der Waals surface area contributed by atoms with Crippen molar-refractivity contribution in [2.24, 2.45) is 0 Å². The first-order chi connectivity index (χ1) is 8.65. The predicted octanol–water partition coefficient (Wildman–Crippen LogP) is 2.25. The fourth-order valence-electron chi connectivity index (χ4n) is 1.90. The Morgan fingerprint density at radius 3 is 2.44 bits per heavy atom. The highest BCUT2D eigenvalue weighted by Gasteiger charge is 2.22. The van der Waals surface area contributed by atoms with E-state index in [1.807, 2.05) is 0 Å². The van der Waals surface area contributed by atoms with Gasteiger partial charge in [-0.05, 0) is 25.2 Å². The number of nitrogen functional groups attached to an aromatic ring is 1. The van der Waals surface area contributed by atoms with Gasteiger partial charge in [0.25, 0.3) is 0 Å². The van der Waals surface area contributed by atoms with Crippen molar-refractivity contribution in [1.29, 1.82) is 0 Å². The van der Waals surface area contributed by atoms with Crippen molar-refractivity contribution in [1.82, 2.24) is 10.3 Å². The van der Waals surface area contributed by atoms with Crippen LogP contribution in [0.2, 0.25) is 0 Å². The quantitative estimate of drug-likeness (QED) is 0.877. The Labute approximate surface area is 104 Å². The van der Waals surface area contributed by atoms with E-state index in [4.69, 9.17) is 5.73 Å². The fraction of sp³-hybridized carbons (Fsp3) is 0.154. The first-order valence-corrected chi connectivity index (χ1v) is 5.45. The van der Waals surface area contributed by atoms with Gasteiger partial charge in [-0.1, -0.05) is 6.07 Å². The Hall–Kier alpha value is -2.01. The first kappa shape index (κ1) is 12.4. The molecule has 0 radical (unpaired) electrons. The molecule has 18 heavy (non-hydrogen) atoms. The minimum Gasteiger partial charge on any atom is -0.398 e. The number of aromatic nitrogens is 1. The average Bonchev–Trinajstić information content (AvgIpc) is 2.35. The summed E-state index contributed by atoms with van der Waals surface area (Å²) in [5.41, 5.74) is 6.74. The molecular weight excluding hydrogens is 236 g/mol. The normalized spacial score (nSPS) is 12.4. The number of hydrogen-bond donors (Lipinski definition) is 2. The molecule has 1 heterocycles. The molecule has 0 fully saturated rings. The Kier molecular flexibility index (Phi) is 3.53. The van der Waals surface area contributed by atoms with Gasteiger partial charge in [0, 0.05) is 29.2 Å². The van der Waals surface area contributed by atoms with Crippen LogP contribution in [0.5, 0.6) is 0 Å². The van der Waals surface area contributed by atoms with Crippen LogP contribution < -0.4 is 11.1 Å². The molecule has 0 saturated heterocycles. The molecule has 2 rings (SSSR count). The molecule has 0 bridgehead atoms. The lowest BCUT2D eigenvalue weighted by molar-refractivity contribution is 0.522. The summed E-state index contributed by atoms with van der Waals surface area (Å²) in [5, 5.41) is 2.86. The van der Waals surface area contributed by atoms with Crippen molar-refractivity contribution in [2.75, 3.05) is 12.8 Å². The third kappa shape index (κ3) is 2.17. The third-order valence-electron chi connectivity index (χ3n) is 2.78. The van der Waals surface area contributed by atoms with Crippen molar-refractivity contribution in [3.05, 3.63) is 59.4 Å². The Morgan fingerprint density at radius 2 is 1.89 bits per heavy atom. The van der Waals surface area contributed by atoms with Gasteiger partial charge in [-0.15, -0.1) is 0 Å². The summed E-state index contributed by atoms with van der Waals surface area (Å²) in [7, 11) is 1.61. The molecule has 2 aromatic rings. The summed E-state index contributed by atoms with van der Waals surface area (Å²) in [6.45, 7) is 0. The number of benzene rings is 1. The number of pyridine rings is 1. The van der Waals surface area contributed by atoms with Crippen LogP contribution in [0.1, 0.15) is 17.2 Å². The molecule has 1 aromatic heterocycles. The molecule has 1 unspecified atom stereocenters. The highest BCUT2D eigenvalue weighted by atomic mass is 19.1. The van der Waals surface area contributed by atoms with E-state index in [-0.39, 0.29) is 5.56 Å². The standard InChI is InChI=1S/C13H13F2N3/c1-17-13(8-7-18-6-5-11(8)16)12-9(14)3-2-4-10(12)15/h2-7,13,17H,1H3,(H2,16,18). The van der Waals surface area contributed by atoms with E-state index in [1.165, 1.54) is 30.6 Å².